The first-order valence-electron chi connectivity index (χ1n) is 9.60. The number of nitrogens with zero attached hydrogens (tertiary/aromatic N) is 1. The first-order chi connectivity index (χ1) is 12.3. The van der Waals surface area contributed by atoms with E-state index >= 15 is 0 Å². The zero-order chi connectivity index (χ0) is 16.7. The van der Waals surface area contributed by atoms with E-state index in [0.717, 1.165) is 24.4 Å². The maximum atomic E-state index is 5.12. The maximum absolute atomic E-state index is 5.12. The van der Waals surface area contributed by atoms with Gasteiger partial charge in [0.05, 0.1) is 22.5 Å². The summed E-state index contributed by atoms with van der Waals surface area (Å²) in [4.78, 5) is 5.12. The largest absolute Gasteiger partial charge is 0.371 e. The Morgan fingerprint density at radius 3 is 2.28 bits per heavy atom. The minimum atomic E-state index is -0.0169. The third kappa shape index (κ3) is 2.53. The molecule has 0 unspecified atom stereocenters. The number of aliphatic imine (C=N–C) groups is 1. The predicted molar refractivity (Wildman–Crippen MR) is 103 cm³/mol. The van der Waals surface area contributed by atoms with Crippen molar-refractivity contribution in [2.45, 2.75) is 56.0 Å². The average Bonchev–Trinajstić information content (AvgIpc) is 3.45. The smallest absolute Gasteiger partial charge is 0.129 e. The van der Waals surface area contributed by atoms with Crippen LogP contribution in [0.4, 0.5) is 11.4 Å². The van der Waals surface area contributed by atoms with Gasteiger partial charge in [-0.05, 0) is 43.4 Å². The lowest BCUT2D eigenvalue weighted by molar-refractivity contribution is 0.390. The van der Waals surface area contributed by atoms with Crippen LogP contribution in [0.1, 0.15) is 50.5 Å². The molecule has 0 saturated heterocycles. The summed E-state index contributed by atoms with van der Waals surface area (Å²) in [6.45, 7) is 0. The highest BCUT2D eigenvalue weighted by Gasteiger charge is 2.49. The fourth-order valence-corrected chi connectivity index (χ4v) is 4.48. The molecule has 0 aromatic heterocycles. The molecule has 2 aliphatic carbocycles. The van der Waals surface area contributed by atoms with Gasteiger partial charge in [-0.2, -0.15) is 0 Å². The van der Waals surface area contributed by atoms with Gasteiger partial charge in [0.2, 0.25) is 0 Å². The number of hydrogen-bond acceptors (Lipinski definition) is 3. The van der Waals surface area contributed by atoms with Crippen LogP contribution in [-0.2, 0) is 5.54 Å². The lowest BCUT2D eigenvalue weighted by atomic mass is 9.79. The zero-order valence-electron chi connectivity index (χ0n) is 14.6. The number of anilines is 1. The van der Waals surface area contributed by atoms with Crippen molar-refractivity contribution in [3.8, 4) is 0 Å². The van der Waals surface area contributed by atoms with Gasteiger partial charge < -0.3 is 10.6 Å². The van der Waals surface area contributed by atoms with Crippen molar-refractivity contribution in [1.29, 1.82) is 0 Å². The first-order valence-corrected chi connectivity index (χ1v) is 9.60. The molecule has 0 amide bonds. The Balaban J connectivity index is 1.54. The molecule has 2 saturated carbocycles. The van der Waals surface area contributed by atoms with E-state index in [9.17, 15) is 0 Å². The second-order valence-electron chi connectivity index (χ2n) is 7.82. The predicted octanol–water partition coefficient (Wildman–Crippen LogP) is 5.12. The van der Waals surface area contributed by atoms with Gasteiger partial charge in [-0.3, -0.25) is 0 Å². The zero-order valence-corrected chi connectivity index (χ0v) is 14.6. The molecule has 0 radical (unpaired) electrons. The van der Waals surface area contributed by atoms with E-state index in [1.165, 1.54) is 43.4 Å². The summed E-state index contributed by atoms with van der Waals surface area (Å²) in [6, 6.07) is 19.3. The Morgan fingerprint density at radius 1 is 0.800 bits per heavy atom. The summed E-state index contributed by atoms with van der Waals surface area (Å²) in [5, 5.41) is 7.78. The molecule has 3 heteroatoms. The number of amidine groups is 1. The van der Waals surface area contributed by atoms with Crippen molar-refractivity contribution in [3.05, 3.63) is 60.2 Å². The lowest BCUT2D eigenvalue weighted by Gasteiger charge is -2.44. The molecule has 1 aliphatic heterocycles. The van der Waals surface area contributed by atoms with Gasteiger partial charge in [-0.1, -0.05) is 61.7 Å². The van der Waals surface area contributed by atoms with Crippen LogP contribution in [0.2, 0.25) is 0 Å². The van der Waals surface area contributed by atoms with Crippen LogP contribution in [0.25, 0.3) is 0 Å². The van der Waals surface area contributed by atoms with Crippen LogP contribution >= 0.6 is 0 Å². The third-order valence-corrected chi connectivity index (χ3v) is 6.10. The molecule has 128 valence electrons. The lowest BCUT2D eigenvalue weighted by Crippen LogP contribution is -2.57. The van der Waals surface area contributed by atoms with E-state index in [4.69, 9.17) is 4.99 Å². The van der Waals surface area contributed by atoms with E-state index < -0.39 is 0 Å². The standard InChI is InChI=1S/C22H25N3/c1-3-9-17(10-4-1)21(15-16-21)25-20-22(13-7-2-8-14-22)24-19-12-6-5-11-18(19)23-20/h1,3-6,9-12,24H,2,7-8,13-16H2,(H,23,25). The highest BCUT2D eigenvalue weighted by Crippen LogP contribution is 2.48. The number of para-hydroxylation sites is 2. The summed E-state index contributed by atoms with van der Waals surface area (Å²) in [5.41, 5.74) is 3.70. The van der Waals surface area contributed by atoms with Crippen LogP contribution in [0.3, 0.4) is 0 Å². The summed E-state index contributed by atoms with van der Waals surface area (Å²) in [5.74, 6) is 1.16. The quantitative estimate of drug-likeness (QED) is 0.801. The fourth-order valence-electron chi connectivity index (χ4n) is 4.48. The Labute approximate surface area is 149 Å². The third-order valence-electron chi connectivity index (χ3n) is 6.10. The molecular formula is C22H25N3. The highest BCUT2D eigenvalue weighted by atomic mass is 15.2. The molecule has 0 atom stereocenters. The Hall–Kier alpha value is -2.29. The number of fused-ring (bicyclic) bond motifs is 1. The van der Waals surface area contributed by atoms with Gasteiger partial charge in [-0.15, -0.1) is 0 Å². The van der Waals surface area contributed by atoms with Gasteiger partial charge in [0, 0.05) is 0 Å². The molecule has 0 bridgehead atoms. The SMILES string of the molecule is c1ccc(C2(NC3=Nc4ccccc4NC34CCCCC4)CC2)cc1. The van der Waals surface area contributed by atoms with Crippen molar-refractivity contribution in [2.24, 2.45) is 4.99 Å². The van der Waals surface area contributed by atoms with Crippen molar-refractivity contribution in [3.63, 3.8) is 0 Å². The van der Waals surface area contributed by atoms with Gasteiger partial charge in [-0.25, -0.2) is 4.99 Å². The van der Waals surface area contributed by atoms with E-state index in [1.54, 1.807) is 0 Å². The monoisotopic (exact) mass is 331 g/mol. The van der Waals surface area contributed by atoms with E-state index in [-0.39, 0.29) is 11.1 Å². The molecule has 3 aliphatic rings. The molecule has 5 rings (SSSR count). The normalized spacial score (nSPS) is 22.5. The van der Waals surface area contributed by atoms with Gasteiger partial charge in [0.15, 0.2) is 0 Å². The van der Waals surface area contributed by atoms with Crippen LogP contribution < -0.4 is 10.6 Å². The van der Waals surface area contributed by atoms with E-state index in [0.29, 0.717) is 0 Å². The van der Waals surface area contributed by atoms with Crippen molar-refractivity contribution in [2.75, 3.05) is 5.32 Å². The minimum Gasteiger partial charge on any atom is -0.371 e. The summed E-state index contributed by atoms with van der Waals surface area (Å²) in [7, 11) is 0. The molecule has 2 fully saturated rings. The molecular weight excluding hydrogens is 306 g/mol. The second kappa shape index (κ2) is 5.62. The van der Waals surface area contributed by atoms with Gasteiger partial charge in [0.25, 0.3) is 0 Å². The molecule has 1 spiro atoms. The highest BCUT2D eigenvalue weighted by molar-refractivity contribution is 6.01. The molecule has 3 nitrogen and oxygen atoms in total. The van der Waals surface area contributed by atoms with Crippen LogP contribution in [0.15, 0.2) is 59.6 Å². The number of hydrogen-bond donors (Lipinski definition) is 2. The molecule has 2 aromatic carbocycles. The molecule has 2 aromatic rings. The molecule has 1 heterocycles. The Bertz CT molecular complexity index is 799. The number of nitrogens with one attached hydrogen (secondary N) is 2. The van der Waals surface area contributed by atoms with Crippen LogP contribution in [0, 0.1) is 0 Å². The van der Waals surface area contributed by atoms with Crippen molar-refractivity contribution < 1.29 is 0 Å². The summed E-state index contributed by atoms with van der Waals surface area (Å²) < 4.78 is 0. The Morgan fingerprint density at radius 2 is 1.52 bits per heavy atom. The van der Waals surface area contributed by atoms with Gasteiger partial charge >= 0.3 is 0 Å². The summed E-state index contributed by atoms with van der Waals surface area (Å²) in [6.07, 6.45) is 8.59. The maximum Gasteiger partial charge on any atom is 0.129 e. The number of rotatable bonds is 2. The van der Waals surface area contributed by atoms with Crippen molar-refractivity contribution in [1.82, 2.24) is 5.32 Å². The van der Waals surface area contributed by atoms with E-state index in [2.05, 4.69) is 65.2 Å². The van der Waals surface area contributed by atoms with E-state index in [1.807, 2.05) is 0 Å². The number of benzene rings is 2. The second-order valence-corrected chi connectivity index (χ2v) is 7.82. The molecule has 25 heavy (non-hydrogen) atoms. The van der Waals surface area contributed by atoms with Crippen LogP contribution in [-0.4, -0.2) is 11.4 Å². The first kappa shape index (κ1) is 15.0. The van der Waals surface area contributed by atoms with Crippen molar-refractivity contribution >= 4 is 17.2 Å². The van der Waals surface area contributed by atoms with Gasteiger partial charge in [0.1, 0.15) is 5.84 Å². The Kier molecular flexibility index (Phi) is 3.37. The van der Waals surface area contributed by atoms with Crippen LogP contribution in [0.5, 0.6) is 0 Å². The fraction of sp³-hybridized carbons (Fsp3) is 0.409. The average molecular weight is 331 g/mol. The topological polar surface area (TPSA) is 36.4 Å². The minimum absolute atomic E-state index is 0.0169. The molecule has 2 N–H and O–H groups in total. The summed E-state index contributed by atoms with van der Waals surface area (Å²) >= 11 is 0.